The third kappa shape index (κ3) is 3.83. The molecule has 0 saturated heterocycles. The van der Waals surface area contributed by atoms with Crippen molar-refractivity contribution in [3.63, 3.8) is 0 Å². The zero-order chi connectivity index (χ0) is 15.3. The molecule has 6 heteroatoms. The molecule has 0 radical (unpaired) electrons. The molecule has 21 heavy (non-hydrogen) atoms. The number of hydrogen-bond acceptors (Lipinski definition) is 3. The van der Waals surface area contributed by atoms with Crippen LogP contribution < -0.4 is 10.5 Å². The molecule has 0 bridgehead atoms. The van der Waals surface area contributed by atoms with Crippen molar-refractivity contribution >= 4 is 15.9 Å². The molecule has 1 aliphatic carbocycles. The molecule has 1 aromatic carbocycles. The first kappa shape index (κ1) is 16.0. The molecule has 0 spiro atoms. The van der Waals surface area contributed by atoms with E-state index in [2.05, 4.69) is 4.72 Å². The van der Waals surface area contributed by atoms with Gasteiger partial charge < -0.3 is 5.73 Å². The Morgan fingerprint density at radius 1 is 1.05 bits per heavy atom. The summed E-state index contributed by atoms with van der Waals surface area (Å²) in [6.07, 6.45) is 6.24. The Kier molecular flexibility index (Phi) is 5.00. The summed E-state index contributed by atoms with van der Waals surface area (Å²) >= 11 is 0. The van der Waals surface area contributed by atoms with Crippen LogP contribution in [0.3, 0.4) is 0 Å². The first-order valence-corrected chi connectivity index (χ1v) is 8.88. The van der Waals surface area contributed by atoms with Gasteiger partial charge in [-0.3, -0.25) is 5.41 Å². The zero-order valence-electron chi connectivity index (χ0n) is 12.1. The quantitative estimate of drug-likeness (QED) is 0.588. The highest BCUT2D eigenvalue weighted by atomic mass is 32.2. The second-order valence-corrected chi connectivity index (χ2v) is 7.36. The normalized spacial score (nSPS) is 19.4. The molecule has 0 aromatic heterocycles. The number of hydrogen-bond donors (Lipinski definition) is 3. The number of benzene rings is 1. The second kappa shape index (κ2) is 6.58. The van der Waals surface area contributed by atoms with Crippen molar-refractivity contribution in [2.45, 2.75) is 55.4 Å². The van der Waals surface area contributed by atoms with Crippen molar-refractivity contribution in [2.24, 2.45) is 5.73 Å². The standard InChI is InChI=1S/C15H23N3O2S/c16-14(17)15(11-7-2-1-3-8-12-15)18-21(19,20)13-9-5-4-6-10-13/h4-6,9-10,18H,1-3,7-8,11-12H2,(H3,16,17). The van der Waals surface area contributed by atoms with Crippen LogP contribution in [-0.4, -0.2) is 19.8 Å². The summed E-state index contributed by atoms with van der Waals surface area (Å²) in [6, 6.07) is 8.26. The van der Waals surface area contributed by atoms with Gasteiger partial charge in [-0.15, -0.1) is 0 Å². The predicted octanol–water partition coefficient (Wildman–Crippen LogP) is 2.38. The molecule has 116 valence electrons. The van der Waals surface area contributed by atoms with Crippen molar-refractivity contribution < 1.29 is 8.42 Å². The number of amidine groups is 1. The van der Waals surface area contributed by atoms with Crippen LogP contribution >= 0.6 is 0 Å². The minimum atomic E-state index is -3.66. The molecule has 0 amide bonds. The van der Waals surface area contributed by atoms with Crippen molar-refractivity contribution in [2.75, 3.05) is 0 Å². The summed E-state index contributed by atoms with van der Waals surface area (Å²) in [5.41, 5.74) is 4.83. The van der Waals surface area contributed by atoms with Gasteiger partial charge in [0.05, 0.1) is 10.4 Å². The molecule has 0 unspecified atom stereocenters. The second-order valence-electron chi connectivity index (χ2n) is 5.68. The molecule has 0 aliphatic heterocycles. The van der Waals surface area contributed by atoms with E-state index in [1.54, 1.807) is 30.3 Å². The van der Waals surface area contributed by atoms with Gasteiger partial charge in [0.1, 0.15) is 5.84 Å². The Morgan fingerprint density at radius 2 is 1.57 bits per heavy atom. The van der Waals surface area contributed by atoms with Crippen LogP contribution in [0, 0.1) is 5.41 Å². The summed E-state index contributed by atoms with van der Waals surface area (Å²) < 4.78 is 27.8. The summed E-state index contributed by atoms with van der Waals surface area (Å²) in [5.74, 6) is -0.0797. The topological polar surface area (TPSA) is 96.0 Å². The van der Waals surface area contributed by atoms with Crippen LogP contribution in [0.25, 0.3) is 0 Å². The Morgan fingerprint density at radius 3 is 2.10 bits per heavy atom. The molecule has 2 rings (SSSR count). The van der Waals surface area contributed by atoms with Crippen molar-refractivity contribution in [3.05, 3.63) is 30.3 Å². The lowest BCUT2D eigenvalue weighted by Crippen LogP contribution is -2.57. The first-order chi connectivity index (χ1) is 9.96. The third-order valence-electron chi connectivity index (χ3n) is 4.11. The SMILES string of the molecule is N=C(N)C1(NS(=O)(=O)c2ccccc2)CCCCCCC1. The average molecular weight is 309 g/mol. The highest BCUT2D eigenvalue weighted by Crippen LogP contribution is 2.28. The van der Waals surface area contributed by atoms with Gasteiger partial charge in [0.2, 0.25) is 10.0 Å². The van der Waals surface area contributed by atoms with Gasteiger partial charge in [0.25, 0.3) is 0 Å². The summed E-state index contributed by atoms with van der Waals surface area (Å²) in [7, 11) is -3.66. The van der Waals surface area contributed by atoms with E-state index in [0.29, 0.717) is 12.8 Å². The molecule has 0 atom stereocenters. The average Bonchev–Trinajstić information content (AvgIpc) is 2.42. The fraction of sp³-hybridized carbons (Fsp3) is 0.533. The van der Waals surface area contributed by atoms with Gasteiger partial charge >= 0.3 is 0 Å². The smallest absolute Gasteiger partial charge is 0.241 e. The zero-order valence-corrected chi connectivity index (χ0v) is 13.0. The third-order valence-corrected chi connectivity index (χ3v) is 5.66. The van der Waals surface area contributed by atoms with E-state index in [0.717, 1.165) is 25.7 Å². The minimum absolute atomic E-state index is 0.0797. The summed E-state index contributed by atoms with van der Waals surface area (Å²) in [4.78, 5) is 0.215. The first-order valence-electron chi connectivity index (χ1n) is 7.40. The Bertz CT molecular complexity index is 576. The minimum Gasteiger partial charge on any atom is -0.386 e. The van der Waals surface area contributed by atoms with Crippen LogP contribution in [0.5, 0.6) is 0 Å². The van der Waals surface area contributed by atoms with Crippen molar-refractivity contribution in [1.82, 2.24) is 4.72 Å². The number of nitrogens with two attached hydrogens (primary N) is 1. The van der Waals surface area contributed by atoms with E-state index in [1.165, 1.54) is 6.42 Å². The molecule has 1 saturated carbocycles. The van der Waals surface area contributed by atoms with E-state index in [1.807, 2.05) is 0 Å². The Hall–Kier alpha value is -1.40. The maximum Gasteiger partial charge on any atom is 0.241 e. The van der Waals surface area contributed by atoms with Gasteiger partial charge in [0, 0.05) is 0 Å². The van der Waals surface area contributed by atoms with Crippen LogP contribution in [0.15, 0.2) is 35.2 Å². The lowest BCUT2D eigenvalue weighted by molar-refractivity contribution is 0.367. The number of rotatable bonds is 4. The van der Waals surface area contributed by atoms with Gasteiger partial charge in [-0.1, -0.05) is 50.3 Å². The lowest BCUT2D eigenvalue weighted by atomic mass is 9.84. The van der Waals surface area contributed by atoms with Gasteiger partial charge in [0.15, 0.2) is 0 Å². The van der Waals surface area contributed by atoms with Crippen molar-refractivity contribution in [1.29, 1.82) is 5.41 Å². The molecule has 4 N–H and O–H groups in total. The summed E-state index contributed by atoms with van der Waals surface area (Å²) in [5, 5.41) is 7.90. The molecule has 0 heterocycles. The highest BCUT2D eigenvalue weighted by Gasteiger charge is 2.38. The molecular formula is C15H23N3O2S. The maximum absolute atomic E-state index is 12.5. The lowest BCUT2D eigenvalue weighted by Gasteiger charge is -2.34. The summed E-state index contributed by atoms with van der Waals surface area (Å²) in [6.45, 7) is 0. The predicted molar refractivity (Wildman–Crippen MR) is 83.7 cm³/mol. The number of sulfonamides is 1. The number of nitrogens with one attached hydrogen (secondary N) is 2. The van der Waals surface area contributed by atoms with E-state index in [-0.39, 0.29) is 10.7 Å². The van der Waals surface area contributed by atoms with Crippen LogP contribution in [0.2, 0.25) is 0 Å². The van der Waals surface area contributed by atoms with E-state index < -0.39 is 15.6 Å². The molecule has 1 aromatic rings. The van der Waals surface area contributed by atoms with Gasteiger partial charge in [-0.25, -0.2) is 8.42 Å². The largest absolute Gasteiger partial charge is 0.386 e. The Balaban J connectivity index is 2.28. The Labute approximate surface area is 126 Å². The van der Waals surface area contributed by atoms with Crippen LogP contribution in [0.1, 0.15) is 44.9 Å². The van der Waals surface area contributed by atoms with Crippen LogP contribution in [-0.2, 0) is 10.0 Å². The van der Waals surface area contributed by atoms with Crippen LogP contribution in [0.4, 0.5) is 0 Å². The fourth-order valence-corrected chi connectivity index (χ4v) is 4.31. The van der Waals surface area contributed by atoms with E-state index >= 15 is 0 Å². The molecule has 1 fully saturated rings. The molecule has 5 nitrogen and oxygen atoms in total. The fourth-order valence-electron chi connectivity index (χ4n) is 2.85. The van der Waals surface area contributed by atoms with E-state index in [9.17, 15) is 8.42 Å². The van der Waals surface area contributed by atoms with Gasteiger partial charge in [-0.2, -0.15) is 4.72 Å². The maximum atomic E-state index is 12.5. The molecular weight excluding hydrogens is 286 g/mol. The van der Waals surface area contributed by atoms with Gasteiger partial charge in [-0.05, 0) is 25.0 Å². The molecule has 1 aliphatic rings. The highest BCUT2D eigenvalue weighted by molar-refractivity contribution is 7.89. The monoisotopic (exact) mass is 309 g/mol. The van der Waals surface area contributed by atoms with Crippen molar-refractivity contribution in [3.8, 4) is 0 Å². The van der Waals surface area contributed by atoms with E-state index in [4.69, 9.17) is 11.1 Å².